The molecule has 0 saturated carbocycles. The van der Waals surface area contributed by atoms with E-state index < -0.39 is 12.1 Å². The van der Waals surface area contributed by atoms with Crippen LogP contribution in [0.25, 0.3) is 11.1 Å². The third-order valence-corrected chi connectivity index (χ3v) is 6.75. The fourth-order valence-corrected chi connectivity index (χ4v) is 5.01. The zero-order valence-corrected chi connectivity index (χ0v) is 19.0. The molecule has 7 nitrogen and oxygen atoms in total. The van der Waals surface area contributed by atoms with Gasteiger partial charge in [-0.05, 0) is 41.0 Å². The molecule has 0 spiro atoms. The average Bonchev–Trinajstić information content (AvgIpc) is 3.29. The van der Waals surface area contributed by atoms with Crippen molar-refractivity contribution in [2.24, 2.45) is 11.8 Å². The molecule has 1 saturated heterocycles. The lowest BCUT2D eigenvalue weighted by molar-refractivity contribution is -0.138. The second-order valence-corrected chi connectivity index (χ2v) is 9.21. The first-order valence-corrected chi connectivity index (χ1v) is 11.4. The van der Waals surface area contributed by atoms with Crippen molar-refractivity contribution in [3.8, 4) is 11.1 Å². The van der Waals surface area contributed by atoms with Gasteiger partial charge in [0.15, 0.2) is 0 Å². The Hall–Kier alpha value is -3.35. The molecule has 1 aliphatic heterocycles. The van der Waals surface area contributed by atoms with Gasteiger partial charge in [-0.25, -0.2) is 4.79 Å². The molecule has 2 amide bonds. The van der Waals surface area contributed by atoms with Crippen LogP contribution in [-0.4, -0.2) is 53.7 Å². The number of hydrogen-bond acceptors (Lipinski definition) is 4. The third kappa shape index (κ3) is 5.02. The van der Waals surface area contributed by atoms with Crippen molar-refractivity contribution >= 4 is 18.0 Å². The van der Waals surface area contributed by atoms with E-state index in [2.05, 4.69) is 29.6 Å². The number of alkyl carbamates (subject to hydrolysis) is 1. The van der Waals surface area contributed by atoms with Gasteiger partial charge in [0.05, 0.1) is 6.42 Å². The van der Waals surface area contributed by atoms with E-state index in [0.717, 1.165) is 11.1 Å². The minimum atomic E-state index is -0.841. The van der Waals surface area contributed by atoms with E-state index in [1.54, 1.807) is 11.8 Å². The van der Waals surface area contributed by atoms with Gasteiger partial charge in [0.2, 0.25) is 5.91 Å². The highest BCUT2D eigenvalue weighted by Crippen LogP contribution is 2.44. The Balaban J connectivity index is 1.28. The largest absolute Gasteiger partial charge is 0.481 e. The number of benzene rings is 2. The van der Waals surface area contributed by atoms with Gasteiger partial charge in [-0.1, -0.05) is 55.5 Å². The topological polar surface area (TPSA) is 95.9 Å². The number of ether oxygens (including phenoxy) is 1. The number of carbonyl (C=O) groups is 3. The molecule has 0 aromatic heterocycles. The lowest BCUT2D eigenvalue weighted by atomic mass is 9.95. The number of aliphatic carboxylic acids is 1. The van der Waals surface area contributed by atoms with Gasteiger partial charge >= 0.3 is 12.1 Å². The molecular weight excluding hydrogens is 420 g/mol. The van der Waals surface area contributed by atoms with Crippen LogP contribution in [0.1, 0.15) is 43.7 Å². The van der Waals surface area contributed by atoms with Crippen LogP contribution in [-0.2, 0) is 14.3 Å². The van der Waals surface area contributed by atoms with Crippen LogP contribution in [0.15, 0.2) is 48.5 Å². The van der Waals surface area contributed by atoms with E-state index in [9.17, 15) is 14.4 Å². The highest BCUT2D eigenvalue weighted by Gasteiger charge is 2.34. The SMILES string of the molecule is CC1CN(C(=O)C[C@H](C)NC(=O)OCC2c3ccccc3-c3ccccc32)CC1CC(=O)O. The van der Waals surface area contributed by atoms with E-state index >= 15 is 0 Å². The van der Waals surface area contributed by atoms with Gasteiger partial charge < -0.3 is 20.1 Å². The molecule has 1 heterocycles. The van der Waals surface area contributed by atoms with Gasteiger partial charge in [-0.3, -0.25) is 9.59 Å². The summed E-state index contributed by atoms with van der Waals surface area (Å²) in [6.07, 6.45) is -0.328. The van der Waals surface area contributed by atoms with Crippen LogP contribution in [0, 0.1) is 11.8 Å². The Morgan fingerprint density at radius 1 is 1.06 bits per heavy atom. The van der Waals surface area contributed by atoms with Crippen LogP contribution < -0.4 is 5.32 Å². The minimum absolute atomic E-state index is 0.0163. The predicted octanol–water partition coefficient (Wildman–Crippen LogP) is 3.87. The summed E-state index contributed by atoms with van der Waals surface area (Å²) >= 11 is 0. The average molecular weight is 451 g/mol. The zero-order chi connectivity index (χ0) is 23.5. The van der Waals surface area contributed by atoms with Gasteiger partial charge in [-0.2, -0.15) is 0 Å². The van der Waals surface area contributed by atoms with Gasteiger partial charge in [0, 0.05) is 31.5 Å². The zero-order valence-electron chi connectivity index (χ0n) is 19.0. The number of rotatable bonds is 7. The molecule has 0 bridgehead atoms. The molecule has 1 aliphatic carbocycles. The molecular formula is C26H30N2O5. The first-order chi connectivity index (χ1) is 15.8. The van der Waals surface area contributed by atoms with E-state index in [4.69, 9.17) is 9.84 Å². The molecule has 7 heteroatoms. The molecule has 2 aliphatic rings. The number of likely N-dealkylation sites (tertiary alicyclic amines) is 1. The van der Waals surface area contributed by atoms with Crippen LogP contribution in [0.3, 0.4) is 0 Å². The van der Waals surface area contributed by atoms with E-state index in [1.807, 2.05) is 31.2 Å². The molecule has 2 N–H and O–H groups in total. The molecule has 2 aromatic rings. The predicted molar refractivity (Wildman–Crippen MR) is 124 cm³/mol. The van der Waals surface area contributed by atoms with Crippen molar-refractivity contribution in [1.82, 2.24) is 10.2 Å². The molecule has 0 radical (unpaired) electrons. The normalized spacial score (nSPS) is 20.1. The van der Waals surface area contributed by atoms with Crippen LogP contribution in [0.2, 0.25) is 0 Å². The lowest BCUT2D eigenvalue weighted by Gasteiger charge is -2.20. The smallest absolute Gasteiger partial charge is 0.407 e. The van der Waals surface area contributed by atoms with E-state index in [0.29, 0.717) is 13.1 Å². The number of carbonyl (C=O) groups excluding carboxylic acids is 2. The number of nitrogens with one attached hydrogen (secondary N) is 1. The number of nitrogens with zero attached hydrogens (tertiary/aromatic N) is 1. The van der Waals surface area contributed by atoms with Gasteiger partial charge in [0.1, 0.15) is 6.61 Å². The van der Waals surface area contributed by atoms with Crippen molar-refractivity contribution in [2.75, 3.05) is 19.7 Å². The Labute approximate surface area is 193 Å². The standard InChI is InChI=1S/C26H30N2O5/c1-16-13-28(14-18(16)12-25(30)31)24(29)11-17(2)27-26(32)33-15-23-21-9-5-3-7-19(21)20-8-4-6-10-22(20)23/h3-10,16-18,23H,11-15H2,1-2H3,(H,27,32)(H,30,31)/t16?,17-,18?/m0/s1. The number of amides is 2. The summed E-state index contributed by atoms with van der Waals surface area (Å²) in [5.41, 5.74) is 4.63. The maximum Gasteiger partial charge on any atom is 0.407 e. The fraction of sp³-hybridized carbons (Fsp3) is 0.423. The minimum Gasteiger partial charge on any atom is -0.481 e. The number of hydrogen-bond donors (Lipinski definition) is 2. The fourth-order valence-electron chi connectivity index (χ4n) is 5.01. The summed E-state index contributed by atoms with van der Waals surface area (Å²) in [5, 5.41) is 11.8. The third-order valence-electron chi connectivity index (χ3n) is 6.75. The van der Waals surface area contributed by atoms with Gasteiger partial charge in [-0.15, -0.1) is 0 Å². The quantitative estimate of drug-likeness (QED) is 0.668. The first-order valence-electron chi connectivity index (χ1n) is 11.4. The molecule has 33 heavy (non-hydrogen) atoms. The number of carboxylic acids is 1. The Morgan fingerprint density at radius 2 is 1.67 bits per heavy atom. The summed E-state index contributed by atoms with van der Waals surface area (Å²) in [6.45, 7) is 4.96. The Bertz CT molecular complexity index is 1010. The van der Waals surface area contributed by atoms with E-state index in [-0.39, 0.29) is 49.2 Å². The first kappa shape index (κ1) is 22.8. The number of carboxylic acid groups (broad SMARTS) is 1. The number of fused-ring (bicyclic) bond motifs is 3. The second-order valence-electron chi connectivity index (χ2n) is 9.21. The van der Waals surface area contributed by atoms with Crippen LogP contribution in [0.5, 0.6) is 0 Å². The summed E-state index contributed by atoms with van der Waals surface area (Å²) in [4.78, 5) is 37.8. The van der Waals surface area contributed by atoms with Crippen molar-refractivity contribution in [2.45, 2.75) is 38.6 Å². The van der Waals surface area contributed by atoms with Crippen LogP contribution >= 0.6 is 0 Å². The summed E-state index contributed by atoms with van der Waals surface area (Å²) in [5.74, 6) is -0.822. The molecule has 174 valence electrons. The highest BCUT2D eigenvalue weighted by atomic mass is 16.5. The Morgan fingerprint density at radius 3 is 2.27 bits per heavy atom. The van der Waals surface area contributed by atoms with Crippen molar-refractivity contribution < 1.29 is 24.2 Å². The van der Waals surface area contributed by atoms with Crippen LogP contribution in [0.4, 0.5) is 4.79 Å². The summed E-state index contributed by atoms with van der Waals surface area (Å²) in [7, 11) is 0. The van der Waals surface area contributed by atoms with Crippen molar-refractivity contribution in [3.05, 3.63) is 59.7 Å². The molecule has 4 rings (SSSR count). The maximum absolute atomic E-state index is 12.6. The molecule has 2 aromatic carbocycles. The highest BCUT2D eigenvalue weighted by molar-refractivity contribution is 5.80. The summed E-state index contributed by atoms with van der Waals surface area (Å²) < 4.78 is 5.56. The second kappa shape index (κ2) is 9.65. The van der Waals surface area contributed by atoms with E-state index in [1.165, 1.54) is 11.1 Å². The van der Waals surface area contributed by atoms with Crippen molar-refractivity contribution in [3.63, 3.8) is 0 Å². The molecule has 2 unspecified atom stereocenters. The monoisotopic (exact) mass is 450 g/mol. The Kier molecular flexibility index (Phi) is 6.67. The lowest BCUT2D eigenvalue weighted by Crippen LogP contribution is -2.39. The van der Waals surface area contributed by atoms with Crippen molar-refractivity contribution in [1.29, 1.82) is 0 Å². The molecule has 3 atom stereocenters. The maximum atomic E-state index is 12.6. The summed E-state index contributed by atoms with van der Waals surface area (Å²) in [6, 6.07) is 15.9. The molecule has 1 fully saturated rings. The van der Waals surface area contributed by atoms with Gasteiger partial charge in [0.25, 0.3) is 0 Å².